The molecule has 2 N–H and O–H groups in total. The Balaban J connectivity index is 2.00. The standard InChI is InChI=1S/C18H20ClN3/c19-17-16(18(20)22-14-9-5-2-6-10-14)15(11-12-21-17)13-7-3-1-4-8-13/h1,3-4,7-8,11-12,14H,2,5-6,9-10H2,(H2,20,22). The van der Waals surface area contributed by atoms with Gasteiger partial charge in [-0.15, -0.1) is 0 Å². The summed E-state index contributed by atoms with van der Waals surface area (Å²) in [5.41, 5.74) is 9.10. The molecule has 3 nitrogen and oxygen atoms in total. The lowest BCUT2D eigenvalue weighted by atomic mass is 9.95. The van der Waals surface area contributed by atoms with Gasteiger partial charge in [-0.1, -0.05) is 61.2 Å². The van der Waals surface area contributed by atoms with Gasteiger partial charge in [-0.2, -0.15) is 0 Å². The van der Waals surface area contributed by atoms with E-state index in [1.54, 1.807) is 6.20 Å². The highest BCUT2D eigenvalue weighted by molar-refractivity contribution is 6.33. The van der Waals surface area contributed by atoms with Gasteiger partial charge in [-0.3, -0.25) is 4.99 Å². The number of hydrogen-bond acceptors (Lipinski definition) is 2. The molecule has 1 aromatic carbocycles. The molecule has 1 aliphatic carbocycles. The van der Waals surface area contributed by atoms with E-state index in [2.05, 4.69) is 4.98 Å². The van der Waals surface area contributed by atoms with Gasteiger partial charge in [0.1, 0.15) is 11.0 Å². The zero-order valence-corrected chi connectivity index (χ0v) is 13.3. The number of amidine groups is 1. The molecule has 0 spiro atoms. The number of nitrogens with two attached hydrogens (primary N) is 1. The Kier molecular flexibility index (Phi) is 4.74. The van der Waals surface area contributed by atoms with Crippen LogP contribution in [0.2, 0.25) is 5.15 Å². The van der Waals surface area contributed by atoms with Crippen LogP contribution in [0, 0.1) is 0 Å². The fourth-order valence-corrected chi connectivity index (χ4v) is 3.26. The van der Waals surface area contributed by atoms with Crippen LogP contribution in [0.5, 0.6) is 0 Å². The molecule has 2 aromatic rings. The molecule has 3 rings (SSSR count). The number of benzene rings is 1. The minimum Gasteiger partial charge on any atom is -0.383 e. The molecule has 0 aliphatic heterocycles. The molecule has 114 valence electrons. The lowest BCUT2D eigenvalue weighted by molar-refractivity contribution is 0.443. The Hall–Kier alpha value is -1.87. The molecule has 0 saturated heterocycles. The highest BCUT2D eigenvalue weighted by atomic mass is 35.5. The maximum Gasteiger partial charge on any atom is 0.140 e. The number of rotatable bonds is 3. The molecule has 0 unspecified atom stereocenters. The number of nitrogens with zero attached hydrogens (tertiary/aromatic N) is 2. The summed E-state index contributed by atoms with van der Waals surface area (Å²) in [5.74, 6) is 0.504. The van der Waals surface area contributed by atoms with Crippen LogP contribution in [0.1, 0.15) is 37.7 Å². The highest BCUT2D eigenvalue weighted by Gasteiger charge is 2.17. The van der Waals surface area contributed by atoms with E-state index in [0.717, 1.165) is 29.5 Å². The van der Waals surface area contributed by atoms with Crippen LogP contribution < -0.4 is 5.73 Å². The second-order valence-corrected chi connectivity index (χ2v) is 6.05. The van der Waals surface area contributed by atoms with Gasteiger partial charge in [-0.25, -0.2) is 4.98 Å². The number of pyridine rings is 1. The summed E-state index contributed by atoms with van der Waals surface area (Å²) in [5, 5.41) is 0.415. The predicted octanol–water partition coefficient (Wildman–Crippen LogP) is 4.44. The van der Waals surface area contributed by atoms with Crippen LogP contribution in [0.4, 0.5) is 0 Å². The Morgan fingerprint density at radius 1 is 1.09 bits per heavy atom. The summed E-state index contributed by atoms with van der Waals surface area (Å²) >= 11 is 6.32. The van der Waals surface area contributed by atoms with Crippen molar-refractivity contribution in [2.75, 3.05) is 0 Å². The molecular weight excluding hydrogens is 294 g/mol. The first-order valence-corrected chi connectivity index (χ1v) is 8.17. The average Bonchev–Trinajstić information content (AvgIpc) is 2.56. The monoisotopic (exact) mass is 313 g/mol. The van der Waals surface area contributed by atoms with Crippen LogP contribution in [0.3, 0.4) is 0 Å². The highest BCUT2D eigenvalue weighted by Crippen LogP contribution is 2.28. The molecule has 0 atom stereocenters. The van der Waals surface area contributed by atoms with Gasteiger partial charge in [0.05, 0.1) is 11.6 Å². The lowest BCUT2D eigenvalue weighted by Gasteiger charge is -2.19. The quantitative estimate of drug-likeness (QED) is 0.517. The zero-order chi connectivity index (χ0) is 15.4. The third-order valence-electron chi connectivity index (χ3n) is 4.14. The van der Waals surface area contributed by atoms with Gasteiger partial charge >= 0.3 is 0 Å². The van der Waals surface area contributed by atoms with Crippen molar-refractivity contribution >= 4 is 17.4 Å². The van der Waals surface area contributed by atoms with Gasteiger partial charge in [-0.05, 0) is 30.0 Å². The third kappa shape index (κ3) is 3.30. The van der Waals surface area contributed by atoms with E-state index in [4.69, 9.17) is 22.3 Å². The van der Waals surface area contributed by atoms with E-state index in [0.29, 0.717) is 17.0 Å². The van der Waals surface area contributed by atoms with Crippen LogP contribution in [0.15, 0.2) is 47.6 Å². The second kappa shape index (κ2) is 6.93. The largest absolute Gasteiger partial charge is 0.383 e. The molecule has 1 heterocycles. The van der Waals surface area contributed by atoms with Gasteiger partial charge in [0.15, 0.2) is 0 Å². The number of aromatic nitrogens is 1. The van der Waals surface area contributed by atoms with Crippen molar-refractivity contribution in [2.24, 2.45) is 10.7 Å². The van der Waals surface area contributed by atoms with Gasteiger partial charge in [0, 0.05) is 6.20 Å². The minimum atomic E-state index is 0.314. The molecule has 22 heavy (non-hydrogen) atoms. The van der Waals surface area contributed by atoms with E-state index in [1.807, 2.05) is 36.4 Å². The molecule has 0 amide bonds. The van der Waals surface area contributed by atoms with Crippen LogP contribution >= 0.6 is 11.6 Å². The van der Waals surface area contributed by atoms with Crippen molar-refractivity contribution in [2.45, 2.75) is 38.1 Å². The normalized spacial score (nSPS) is 16.7. The predicted molar refractivity (Wildman–Crippen MR) is 92.3 cm³/mol. The van der Waals surface area contributed by atoms with Crippen molar-refractivity contribution in [3.05, 3.63) is 53.3 Å². The molecule has 1 aromatic heterocycles. The molecule has 1 saturated carbocycles. The van der Waals surface area contributed by atoms with Crippen molar-refractivity contribution in [3.8, 4) is 11.1 Å². The zero-order valence-electron chi connectivity index (χ0n) is 12.5. The van der Waals surface area contributed by atoms with Crippen molar-refractivity contribution < 1.29 is 0 Å². The average molecular weight is 314 g/mol. The van der Waals surface area contributed by atoms with Crippen molar-refractivity contribution in [1.82, 2.24) is 4.98 Å². The summed E-state index contributed by atoms with van der Waals surface area (Å²) in [4.78, 5) is 8.91. The van der Waals surface area contributed by atoms with E-state index >= 15 is 0 Å². The summed E-state index contributed by atoms with van der Waals surface area (Å²) in [6.45, 7) is 0. The van der Waals surface area contributed by atoms with Crippen LogP contribution in [-0.2, 0) is 0 Å². The van der Waals surface area contributed by atoms with E-state index in [1.165, 1.54) is 19.3 Å². The van der Waals surface area contributed by atoms with Gasteiger partial charge in [0.2, 0.25) is 0 Å². The third-order valence-corrected chi connectivity index (χ3v) is 4.43. The topological polar surface area (TPSA) is 51.3 Å². The maximum absolute atomic E-state index is 6.32. The molecular formula is C18H20ClN3. The Labute approximate surface area is 136 Å². The molecule has 0 bridgehead atoms. The van der Waals surface area contributed by atoms with Crippen molar-refractivity contribution in [1.29, 1.82) is 0 Å². The van der Waals surface area contributed by atoms with E-state index in [-0.39, 0.29) is 0 Å². The first kappa shape index (κ1) is 15.0. The second-order valence-electron chi connectivity index (χ2n) is 5.70. The summed E-state index contributed by atoms with van der Waals surface area (Å²) < 4.78 is 0. The van der Waals surface area contributed by atoms with Crippen LogP contribution in [-0.4, -0.2) is 16.9 Å². The lowest BCUT2D eigenvalue weighted by Crippen LogP contribution is -2.21. The minimum absolute atomic E-state index is 0.314. The van der Waals surface area contributed by atoms with Crippen LogP contribution in [0.25, 0.3) is 11.1 Å². The van der Waals surface area contributed by atoms with Gasteiger partial charge in [0.25, 0.3) is 0 Å². The molecule has 0 radical (unpaired) electrons. The molecule has 1 fully saturated rings. The molecule has 4 heteroatoms. The Morgan fingerprint density at radius 2 is 1.82 bits per heavy atom. The smallest absolute Gasteiger partial charge is 0.140 e. The first-order chi connectivity index (χ1) is 10.8. The number of hydrogen-bond donors (Lipinski definition) is 1. The van der Waals surface area contributed by atoms with E-state index < -0.39 is 0 Å². The fourth-order valence-electron chi connectivity index (χ4n) is 3.01. The number of halogens is 1. The number of aliphatic imine (C=N–C) groups is 1. The first-order valence-electron chi connectivity index (χ1n) is 7.79. The summed E-state index contributed by atoms with van der Waals surface area (Å²) in [7, 11) is 0. The van der Waals surface area contributed by atoms with Gasteiger partial charge < -0.3 is 5.73 Å². The summed E-state index contributed by atoms with van der Waals surface area (Å²) in [6.07, 6.45) is 7.69. The van der Waals surface area contributed by atoms with E-state index in [9.17, 15) is 0 Å². The maximum atomic E-state index is 6.32. The Morgan fingerprint density at radius 3 is 2.55 bits per heavy atom. The fraction of sp³-hybridized carbons (Fsp3) is 0.333. The SMILES string of the molecule is N/C(=N\C1CCCCC1)c1c(-c2ccccc2)ccnc1Cl. The van der Waals surface area contributed by atoms with Crippen molar-refractivity contribution in [3.63, 3.8) is 0 Å². The molecule has 1 aliphatic rings. The summed E-state index contributed by atoms with van der Waals surface area (Å²) in [6, 6.07) is 12.3. The Bertz CT molecular complexity index is 661.